The summed E-state index contributed by atoms with van der Waals surface area (Å²) >= 11 is 0. The van der Waals surface area contributed by atoms with Crippen molar-refractivity contribution in [3.63, 3.8) is 0 Å². The van der Waals surface area contributed by atoms with Crippen molar-refractivity contribution in [3.8, 4) is 5.75 Å². The predicted molar refractivity (Wildman–Crippen MR) is 111 cm³/mol. The number of anilines is 3. The van der Waals surface area contributed by atoms with Gasteiger partial charge in [0.15, 0.2) is 17.4 Å². The quantitative estimate of drug-likeness (QED) is 0.422. The second-order valence-corrected chi connectivity index (χ2v) is 7.72. The molecule has 1 aliphatic carbocycles. The van der Waals surface area contributed by atoms with Gasteiger partial charge in [-0.05, 0) is 37.8 Å². The molecule has 3 aromatic rings. The Balaban J connectivity index is 1.43. The van der Waals surface area contributed by atoms with Crippen LogP contribution in [0.25, 0.3) is 0 Å². The van der Waals surface area contributed by atoms with Crippen LogP contribution in [0.4, 0.5) is 21.7 Å². The highest BCUT2D eigenvalue weighted by Crippen LogP contribution is 2.41. The summed E-state index contributed by atoms with van der Waals surface area (Å²) in [4.78, 5) is 20.9. The number of nitrogens with two attached hydrogens (primary N) is 1. The number of ether oxygens (including phenoxy) is 1. The highest BCUT2D eigenvalue weighted by molar-refractivity contribution is 5.75. The van der Waals surface area contributed by atoms with Gasteiger partial charge < -0.3 is 20.9 Å². The number of halogens is 1. The van der Waals surface area contributed by atoms with Crippen LogP contribution in [0.1, 0.15) is 31.4 Å². The Kier molecular flexibility index (Phi) is 5.70. The van der Waals surface area contributed by atoms with E-state index in [1.54, 1.807) is 30.7 Å². The molecule has 0 spiro atoms. The lowest BCUT2D eigenvalue weighted by Gasteiger charge is -2.36. The standard InChI is InChI=1S/C21H23FN6O3/c22-19-15(23)2-1-3-16(19)31-14-4-7-21(8-5-14,20(29)30)10-13-11-24-12-18(26-13)27-17-6-9-25-28-17/h1-3,6,9,11-12,14H,4-5,7-8,10,23H2,(H,29,30)(H2,25,26,27,28)/t14-,21-. The summed E-state index contributed by atoms with van der Waals surface area (Å²) in [5.74, 6) is -0.302. The highest BCUT2D eigenvalue weighted by Gasteiger charge is 2.43. The molecule has 1 fully saturated rings. The number of carbonyl (C=O) groups is 1. The SMILES string of the molecule is Nc1cccc(O[C@H]2CC[C@](Cc3cncc(Nc4cc[nH]n4)n3)(C(=O)O)CC2)c1F. The monoisotopic (exact) mass is 426 g/mol. The maximum atomic E-state index is 14.1. The first-order chi connectivity index (χ1) is 14.9. The van der Waals surface area contributed by atoms with Crippen LogP contribution in [0.3, 0.4) is 0 Å². The van der Waals surface area contributed by atoms with Crippen molar-refractivity contribution in [1.29, 1.82) is 0 Å². The number of nitrogens with zero attached hydrogens (tertiary/aromatic N) is 3. The smallest absolute Gasteiger partial charge is 0.310 e. The van der Waals surface area contributed by atoms with Gasteiger partial charge in [0, 0.05) is 24.9 Å². The van der Waals surface area contributed by atoms with Crippen LogP contribution in [-0.4, -0.2) is 37.3 Å². The number of H-pyrrole nitrogens is 1. The topological polar surface area (TPSA) is 139 Å². The Morgan fingerprint density at radius 1 is 1.29 bits per heavy atom. The molecule has 2 aromatic heterocycles. The van der Waals surface area contributed by atoms with Gasteiger partial charge in [-0.25, -0.2) is 9.37 Å². The van der Waals surface area contributed by atoms with Crippen molar-refractivity contribution in [2.24, 2.45) is 5.41 Å². The maximum Gasteiger partial charge on any atom is 0.310 e. The first-order valence-corrected chi connectivity index (χ1v) is 9.97. The van der Waals surface area contributed by atoms with Gasteiger partial charge in [-0.15, -0.1) is 0 Å². The lowest BCUT2D eigenvalue weighted by molar-refractivity contribution is -0.152. The van der Waals surface area contributed by atoms with E-state index in [1.165, 1.54) is 12.1 Å². The Hall–Kier alpha value is -3.69. The van der Waals surface area contributed by atoms with Crippen LogP contribution < -0.4 is 15.8 Å². The predicted octanol–water partition coefficient (Wildman–Crippen LogP) is 3.30. The summed E-state index contributed by atoms with van der Waals surface area (Å²) in [5.41, 5.74) is 5.21. The molecular formula is C21H23FN6O3. The molecule has 31 heavy (non-hydrogen) atoms. The number of hydrogen-bond donors (Lipinski definition) is 4. The van der Waals surface area contributed by atoms with Gasteiger partial charge in [-0.2, -0.15) is 5.10 Å². The summed E-state index contributed by atoms with van der Waals surface area (Å²) in [6.07, 6.45) is 6.51. The zero-order valence-electron chi connectivity index (χ0n) is 16.7. The molecule has 1 aliphatic rings. The van der Waals surface area contributed by atoms with Crippen LogP contribution in [0, 0.1) is 11.2 Å². The van der Waals surface area contributed by atoms with Crippen LogP contribution in [-0.2, 0) is 11.2 Å². The molecule has 162 valence electrons. The number of carboxylic acids is 1. The molecule has 0 radical (unpaired) electrons. The van der Waals surface area contributed by atoms with Crippen molar-refractivity contribution in [2.75, 3.05) is 11.1 Å². The minimum absolute atomic E-state index is 0.0232. The van der Waals surface area contributed by atoms with E-state index in [0.29, 0.717) is 43.0 Å². The second-order valence-electron chi connectivity index (χ2n) is 7.72. The molecule has 2 heterocycles. The zero-order valence-corrected chi connectivity index (χ0v) is 16.7. The molecule has 0 bridgehead atoms. The van der Waals surface area contributed by atoms with Crippen molar-refractivity contribution in [1.82, 2.24) is 20.2 Å². The number of nitrogens with one attached hydrogen (secondary N) is 2. The van der Waals surface area contributed by atoms with E-state index < -0.39 is 17.2 Å². The fourth-order valence-electron chi connectivity index (χ4n) is 3.89. The van der Waals surface area contributed by atoms with E-state index in [2.05, 4.69) is 25.5 Å². The average Bonchev–Trinajstić information content (AvgIpc) is 3.26. The summed E-state index contributed by atoms with van der Waals surface area (Å²) < 4.78 is 19.9. The third-order valence-corrected chi connectivity index (χ3v) is 5.59. The lowest BCUT2D eigenvalue weighted by Crippen LogP contribution is -2.40. The fraction of sp³-hybridized carbons (Fsp3) is 0.333. The second kappa shape index (κ2) is 8.58. The molecular weight excluding hydrogens is 403 g/mol. The van der Waals surface area contributed by atoms with E-state index >= 15 is 0 Å². The third kappa shape index (κ3) is 4.57. The number of nitrogen functional groups attached to an aromatic ring is 1. The maximum absolute atomic E-state index is 14.1. The Labute approximate surface area is 177 Å². The summed E-state index contributed by atoms with van der Waals surface area (Å²) in [5, 5.41) is 19.7. The van der Waals surface area contributed by atoms with E-state index in [4.69, 9.17) is 10.5 Å². The van der Waals surface area contributed by atoms with Crippen LogP contribution in [0.2, 0.25) is 0 Å². The molecule has 4 rings (SSSR count). The number of aromatic nitrogens is 4. The van der Waals surface area contributed by atoms with E-state index in [1.807, 2.05) is 0 Å². The Bertz CT molecular complexity index is 1050. The normalized spacial score (nSPS) is 20.9. The Morgan fingerprint density at radius 3 is 2.81 bits per heavy atom. The van der Waals surface area contributed by atoms with Crippen molar-refractivity contribution < 1.29 is 19.0 Å². The fourth-order valence-corrected chi connectivity index (χ4v) is 3.89. The van der Waals surface area contributed by atoms with Gasteiger partial charge >= 0.3 is 5.97 Å². The van der Waals surface area contributed by atoms with Gasteiger partial charge in [0.2, 0.25) is 0 Å². The van der Waals surface area contributed by atoms with Gasteiger partial charge in [-0.1, -0.05) is 6.07 Å². The number of carboxylic acid groups (broad SMARTS) is 1. The molecule has 10 heteroatoms. The average molecular weight is 426 g/mol. The number of aromatic amines is 1. The molecule has 0 unspecified atom stereocenters. The van der Waals surface area contributed by atoms with Gasteiger partial charge in [0.05, 0.1) is 29.1 Å². The van der Waals surface area contributed by atoms with Crippen molar-refractivity contribution in [3.05, 3.63) is 54.4 Å². The van der Waals surface area contributed by atoms with Crippen LogP contribution >= 0.6 is 0 Å². The van der Waals surface area contributed by atoms with Crippen molar-refractivity contribution in [2.45, 2.75) is 38.2 Å². The molecule has 0 aliphatic heterocycles. The summed E-state index contributed by atoms with van der Waals surface area (Å²) in [6.45, 7) is 0. The van der Waals surface area contributed by atoms with Gasteiger partial charge in [0.1, 0.15) is 5.82 Å². The van der Waals surface area contributed by atoms with E-state index in [-0.39, 0.29) is 24.0 Å². The summed E-state index contributed by atoms with van der Waals surface area (Å²) in [6, 6.07) is 6.37. The molecule has 0 saturated heterocycles. The minimum atomic E-state index is -0.978. The molecule has 1 aromatic carbocycles. The number of hydrogen-bond acceptors (Lipinski definition) is 7. The van der Waals surface area contributed by atoms with Gasteiger partial charge in [0.25, 0.3) is 0 Å². The molecule has 0 amide bonds. The van der Waals surface area contributed by atoms with E-state index in [0.717, 1.165) is 0 Å². The van der Waals surface area contributed by atoms with Crippen molar-refractivity contribution >= 4 is 23.3 Å². The largest absolute Gasteiger partial charge is 0.487 e. The Morgan fingerprint density at radius 2 is 2.10 bits per heavy atom. The number of rotatable bonds is 7. The molecule has 5 N–H and O–H groups in total. The highest BCUT2D eigenvalue weighted by atomic mass is 19.1. The van der Waals surface area contributed by atoms with Crippen LogP contribution in [0.5, 0.6) is 5.75 Å². The molecule has 0 atom stereocenters. The molecule has 9 nitrogen and oxygen atoms in total. The zero-order chi connectivity index (χ0) is 21.8. The minimum Gasteiger partial charge on any atom is -0.487 e. The first-order valence-electron chi connectivity index (χ1n) is 9.97. The molecule has 1 saturated carbocycles. The van der Waals surface area contributed by atoms with E-state index in [9.17, 15) is 14.3 Å². The third-order valence-electron chi connectivity index (χ3n) is 5.59. The summed E-state index contributed by atoms with van der Waals surface area (Å²) in [7, 11) is 0. The van der Waals surface area contributed by atoms with Crippen LogP contribution in [0.15, 0.2) is 42.9 Å². The lowest BCUT2D eigenvalue weighted by atomic mass is 9.70. The van der Waals surface area contributed by atoms with Gasteiger partial charge in [-0.3, -0.25) is 14.9 Å². The number of benzene rings is 1. The first kappa shape index (κ1) is 20.6. The number of aliphatic carboxylic acids is 1.